The highest BCUT2D eigenvalue weighted by Gasteiger charge is 2.17. The third kappa shape index (κ3) is 4.49. The minimum Gasteiger partial charge on any atom is -0.273 e. The van der Waals surface area contributed by atoms with Crippen molar-refractivity contribution in [2.24, 2.45) is 0 Å². The Bertz CT molecular complexity index is 1120. The molecular weight excluding hydrogens is 393 g/mol. The van der Waals surface area contributed by atoms with Crippen molar-refractivity contribution in [3.8, 4) is 5.69 Å². The van der Waals surface area contributed by atoms with Crippen LogP contribution in [0.1, 0.15) is 27.3 Å². The summed E-state index contributed by atoms with van der Waals surface area (Å²) in [7, 11) is 0. The minimum atomic E-state index is -0.678. The van der Waals surface area contributed by atoms with Crippen molar-refractivity contribution >= 4 is 17.5 Å². The van der Waals surface area contributed by atoms with Crippen molar-refractivity contribution in [1.82, 2.24) is 20.6 Å². The Morgan fingerprint density at radius 3 is 2.50 bits per heavy atom. The van der Waals surface area contributed by atoms with Crippen molar-refractivity contribution in [1.29, 1.82) is 0 Å². The van der Waals surface area contributed by atoms with Crippen LogP contribution in [0.4, 0.5) is 10.1 Å². The molecule has 2 N–H and O–H groups in total. The Morgan fingerprint density at radius 1 is 1.13 bits per heavy atom. The van der Waals surface area contributed by atoms with Gasteiger partial charge in [-0.1, -0.05) is 6.07 Å². The highest BCUT2D eigenvalue weighted by molar-refractivity contribution is 5.96. The van der Waals surface area contributed by atoms with E-state index in [2.05, 4.69) is 16.0 Å². The third-order valence-corrected chi connectivity index (χ3v) is 4.48. The van der Waals surface area contributed by atoms with Gasteiger partial charge < -0.3 is 0 Å². The van der Waals surface area contributed by atoms with E-state index in [1.54, 1.807) is 30.7 Å². The van der Waals surface area contributed by atoms with Gasteiger partial charge in [0.2, 0.25) is 5.91 Å². The van der Waals surface area contributed by atoms with Gasteiger partial charge >= 0.3 is 0 Å². The second-order valence-electron chi connectivity index (χ2n) is 6.52. The second-order valence-corrected chi connectivity index (χ2v) is 6.52. The largest absolute Gasteiger partial charge is 0.273 e. The maximum absolute atomic E-state index is 13.1. The first-order valence-corrected chi connectivity index (χ1v) is 8.91. The fourth-order valence-corrected chi connectivity index (χ4v) is 2.93. The standard InChI is InChI=1S/C20H18FN5O4/c1-12-18(13(2)25(24-12)16-8-6-15(21)7-9-16)11-19(27)22-23-20(28)14-4-3-5-17(10-14)26(29)30/h3-10H,11H2,1-2H3,(H,22,27)(H,23,28). The van der Waals surface area contributed by atoms with Crippen molar-refractivity contribution in [3.63, 3.8) is 0 Å². The van der Waals surface area contributed by atoms with Crippen molar-refractivity contribution in [3.05, 3.63) is 87.0 Å². The summed E-state index contributed by atoms with van der Waals surface area (Å²) in [5, 5.41) is 15.2. The molecule has 154 valence electrons. The molecule has 2 amide bonds. The molecule has 2 aromatic carbocycles. The topological polar surface area (TPSA) is 119 Å². The molecule has 0 spiro atoms. The number of non-ortho nitro benzene ring substituents is 1. The lowest BCUT2D eigenvalue weighted by Crippen LogP contribution is -2.42. The van der Waals surface area contributed by atoms with E-state index in [0.29, 0.717) is 22.6 Å². The molecule has 0 bridgehead atoms. The van der Waals surface area contributed by atoms with Gasteiger partial charge in [-0.2, -0.15) is 5.10 Å². The lowest BCUT2D eigenvalue weighted by molar-refractivity contribution is -0.384. The SMILES string of the molecule is Cc1nn(-c2ccc(F)cc2)c(C)c1CC(=O)NNC(=O)c1cccc([N+](=O)[O-])c1. The molecule has 0 saturated carbocycles. The van der Waals surface area contributed by atoms with Crippen LogP contribution in [0, 0.1) is 29.8 Å². The predicted octanol–water partition coefficient (Wildman–Crippen LogP) is 2.54. The summed E-state index contributed by atoms with van der Waals surface area (Å²) < 4.78 is 14.8. The third-order valence-electron chi connectivity index (χ3n) is 4.48. The highest BCUT2D eigenvalue weighted by Crippen LogP contribution is 2.19. The van der Waals surface area contributed by atoms with E-state index in [0.717, 1.165) is 6.07 Å². The van der Waals surface area contributed by atoms with Gasteiger partial charge in [-0.05, 0) is 44.2 Å². The first kappa shape index (κ1) is 20.6. The minimum absolute atomic E-state index is 0.0426. The number of nitro benzene ring substituents is 1. The van der Waals surface area contributed by atoms with E-state index in [4.69, 9.17) is 0 Å². The Labute approximate surface area is 170 Å². The van der Waals surface area contributed by atoms with Gasteiger partial charge in [-0.15, -0.1) is 0 Å². The summed E-state index contributed by atoms with van der Waals surface area (Å²) in [5.41, 5.74) is 7.00. The molecule has 0 radical (unpaired) electrons. The average molecular weight is 411 g/mol. The molecule has 3 rings (SSSR count). The van der Waals surface area contributed by atoms with Crippen LogP contribution in [0.2, 0.25) is 0 Å². The number of carbonyl (C=O) groups excluding carboxylic acids is 2. The predicted molar refractivity (Wildman–Crippen MR) is 105 cm³/mol. The van der Waals surface area contributed by atoms with Crippen LogP contribution >= 0.6 is 0 Å². The summed E-state index contributed by atoms with van der Waals surface area (Å²) in [6.07, 6.45) is -0.0475. The molecule has 10 heteroatoms. The van der Waals surface area contributed by atoms with Gasteiger partial charge in [0.05, 0.1) is 22.7 Å². The summed E-state index contributed by atoms with van der Waals surface area (Å²) in [5.74, 6) is -1.53. The van der Waals surface area contributed by atoms with E-state index < -0.39 is 16.7 Å². The number of nitrogens with zero attached hydrogens (tertiary/aromatic N) is 3. The number of hydrazine groups is 1. The number of aromatic nitrogens is 2. The van der Waals surface area contributed by atoms with Crippen molar-refractivity contribution < 1.29 is 18.9 Å². The van der Waals surface area contributed by atoms with E-state index in [1.165, 1.54) is 30.3 Å². The summed E-state index contributed by atoms with van der Waals surface area (Å²) in [6.45, 7) is 3.53. The quantitative estimate of drug-likeness (QED) is 0.494. The van der Waals surface area contributed by atoms with E-state index >= 15 is 0 Å². The molecule has 0 atom stereocenters. The van der Waals surface area contributed by atoms with Crippen molar-refractivity contribution in [2.75, 3.05) is 0 Å². The van der Waals surface area contributed by atoms with Crippen LogP contribution in [-0.4, -0.2) is 26.5 Å². The molecule has 9 nitrogen and oxygen atoms in total. The Morgan fingerprint density at radius 2 is 1.83 bits per heavy atom. The molecule has 0 fully saturated rings. The van der Waals surface area contributed by atoms with Gasteiger partial charge in [0.15, 0.2) is 0 Å². The summed E-state index contributed by atoms with van der Waals surface area (Å²) in [4.78, 5) is 34.6. The number of hydrogen-bond acceptors (Lipinski definition) is 5. The number of nitro groups is 1. The first-order chi connectivity index (χ1) is 14.3. The zero-order valence-electron chi connectivity index (χ0n) is 16.2. The second kappa shape index (κ2) is 8.52. The van der Waals surface area contributed by atoms with E-state index in [-0.39, 0.29) is 23.5 Å². The molecular formula is C20H18FN5O4. The van der Waals surface area contributed by atoms with Crippen LogP contribution < -0.4 is 10.9 Å². The molecule has 0 aliphatic rings. The number of carbonyl (C=O) groups is 2. The van der Waals surface area contributed by atoms with Crippen LogP contribution in [0.15, 0.2) is 48.5 Å². The molecule has 0 aliphatic heterocycles. The number of halogens is 1. The molecule has 1 aromatic heterocycles. The smallest absolute Gasteiger partial charge is 0.270 e. The number of benzene rings is 2. The number of nitrogens with one attached hydrogen (secondary N) is 2. The number of aryl methyl sites for hydroxylation is 1. The van der Waals surface area contributed by atoms with Gasteiger partial charge in [0.25, 0.3) is 11.6 Å². The lowest BCUT2D eigenvalue weighted by Gasteiger charge is -2.08. The Kier molecular flexibility index (Phi) is 5.86. The summed E-state index contributed by atoms with van der Waals surface area (Å²) >= 11 is 0. The fraction of sp³-hybridized carbons (Fsp3) is 0.150. The van der Waals surface area contributed by atoms with E-state index in [9.17, 15) is 24.1 Å². The fourth-order valence-electron chi connectivity index (χ4n) is 2.93. The summed E-state index contributed by atoms with van der Waals surface area (Å²) in [6, 6.07) is 11.0. The van der Waals surface area contributed by atoms with Crippen LogP contribution in [0.5, 0.6) is 0 Å². The normalized spacial score (nSPS) is 10.5. The van der Waals surface area contributed by atoms with Crippen LogP contribution in [0.25, 0.3) is 5.69 Å². The maximum Gasteiger partial charge on any atom is 0.270 e. The van der Waals surface area contributed by atoms with Gasteiger partial charge in [-0.3, -0.25) is 30.6 Å². The first-order valence-electron chi connectivity index (χ1n) is 8.91. The molecule has 1 heterocycles. The average Bonchev–Trinajstić information content (AvgIpc) is 3.01. The number of rotatable bonds is 5. The monoisotopic (exact) mass is 411 g/mol. The zero-order chi connectivity index (χ0) is 21.8. The molecule has 0 aliphatic carbocycles. The lowest BCUT2D eigenvalue weighted by atomic mass is 10.1. The molecule has 30 heavy (non-hydrogen) atoms. The van der Waals surface area contributed by atoms with E-state index in [1.807, 2.05) is 0 Å². The van der Waals surface area contributed by atoms with Gasteiger partial charge in [-0.25, -0.2) is 9.07 Å². The zero-order valence-corrected chi connectivity index (χ0v) is 16.2. The van der Waals surface area contributed by atoms with Gasteiger partial charge in [0.1, 0.15) is 5.82 Å². The maximum atomic E-state index is 13.1. The van der Waals surface area contributed by atoms with Gasteiger partial charge in [0, 0.05) is 29.0 Å². The Hall–Kier alpha value is -4.08. The van der Waals surface area contributed by atoms with Crippen LogP contribution in [-0.2, 0) is 11.2 Å². The molecule has 0 unspecified atom stereocenters. The Balaban J connectivity index is 1.66. The molecule has 3 aromatic rings. The van der Waals surface area contributed by atoms with Crippen LogP contribution in [0.3, 0.4) is 0 Å². The number of amides is 2. The highest BCUT2D eigenvalue weighted by atomic mass is 19.1. The molecule has 0 saturated heterocycles. The number of hydrogen-bond donors (Lipinski definition) is 2. The van der Waals surface area contributed by atoms with Crippen molar-refractivity contribution in [2.45, 2.75) is 20.3 Å².